The molecule has 0 unspecified atom stereocenters. The number of hydrogen-bond acceptors (Lipinski definition) is 6. The van der Waals surface area contributed by atoms with E-state index in [4.69, 9.17) is 10.7 Å². The second kappa shape index (κ2) is 8.39. The molecule has 2 heterocycles. The van der Waals surface area contributed by atoms with Crippen LogP contribution in [0.4, 0.5) is 5.82 Å². The average molecular weight is 522 g/mol. The lowest BCUT2D eigenvalue weighted by Crippen LogP contribution is -2.36. The number of nitrogens with two attached hydrogens (primary N) is 1. The molecule has 3 aromatic rings. The number of nitrogens with zero attached hydrogens (tertiary/aromatic N) is 4. The minimum absolute atomic E-state index is 0.113. The highest BCUT2D eigenvalue weighted by Gasteiger charge is 2.19. The minimum atomic E-state index is 0.113. The van der Waals surface area contributed by atoms with Crippen LogP contribution in [-0.2, 0) is 19.4 Å². The van der Waals surface area contributed by atoms with Crippen molar-refractivity contribution in [2.24, 2.45) is 0 Å². The third kappa shape index (κ3) is 4.69. The maximum absolute atomic E-state index is 6.10. The van der Waals surface area contributed by atoms with E-state index in [-0.39, 0.29) is 5.54 Å². The molecule has 0 fully saturated rings. The lowest BCUT2D eigenvalue weighted by atomic mass is 10.1. The normalized spacial score (nSPS) is 13.9. The molecule has 8 heteroatoms. The summed E-state index contributed by atoms with van der Waals surface area (Å²) in [6, 6.07) is 4.67. The Morgan fingerprint density at radius 1 is 1.21 bits per heavy atom. The molecule has 0 amide bonds. The van der Waals surface area contributed by atoms with E-state index in [0.29, 0.717) is 11.3 Å². The van der Waals surface area contributed by atoms with Gasteiger partial charge in [0.25, 0.3) is 0 Å². The van der Waals surface area contributed by atoms with Crippen LogP contribution >= 0.6 is 34.4 Å². The van der Waals surface area contributed by atoms with Crippen LogP contribution in [0.2, 0.25) is 0 Å². The number of fused-ring (bicyclic) bond motifs is 2. The van der Waals surface area contributed by atoms with Crippen molar-refractivity contribution in [3.8, 4) is 0 Å². The van der Waals surface area contributed by atoms with Crippen LogP contribution in [0.5, 0.6) is 0 Å². The number of nitrogens with one attached hydrogen (secondary N) is 1. The summed E-state index contributed by atoms with van der Waals surface area (Å²) < 4.78 is 3.46. The highest BCUT2D eigenvalue weighted by molar-refractivity contribution is 14.1. The molecule has 0 radical (unpaired) electrons. The van der Waals surface area contributed by atoms with Crippen LogP contribution in [0.25, 0.3) is 11.2 Å². The number of halogens is 1. The number of rotatable bonds is 6. The van der Waals surface area contributed by atoms with Crippen LogP contribution in [0.15, 0.2) is 28.5 Å². The smallest absolute Gasteiger partial charge is 0.175 e. The molecular weight excluding hydrogens is 495 g/mol. The van der Waals surface area contributed by atoms with Crippen molar-refractivity contribution in [2.75, 3.05) is 12.3 Å². The van der Waals surface area contributed by atoms with Crippen molar-refractivity contribution >= 4 is 51.3 Å². The summed E-state index contributed by atoms with van der Waals surface area (Å²) >= 11 is 4.15. The molecule has 0 spiro atoms. The predicted molar refractivity (Wildman–Crippen MR) is 127 cm³/mol. The van der Waals surface area contributed by atoms with Gasteiger partial charge in [-0.15, -0.1) is 0 Å². The van der Waals surface area contributed by atoms with Crippen molar-refractivity contribution in [3.63, 3.8) is 0 Å². The van der Waals surface area contributed by atoms with E-state index in [2.05, 4.69) is 75.3 Å². The zero-order valence-electron chi connectivity index (χ0n) is 17.1. The fourth-order valence-corrected chi connectivity index (χ4v) is 5.50. The number of anilines is 1. The first-order valence-electron chi connectivity index (χ1n) is 10.0. The molecular formula is C21H27IN6S. The highest BCUT2D eigenvalue weighted by Crippen LogP contribution is 2.37. The second-order valence-corrected chi connectivity index (χ2v) is 10.7. The van der Waals surface area contributed by atoms with E-state index in [1.165, 1.54) is 45.2 Å². The Morgan fingerprint density at radius 3 is 2.72 bits per heavy atom. The van der Waals surface area contributed by atoms with Gasteiger partial charge in [0, 0.05) is 20.5 Å². The second-order valence-electron chi connectivity index (χ2n) is 8.51. The van der Waals surface area contributed by atoms with Gasteiger partial charge in [-0.2, -0.15) is 0 Å². The first-order valence-corrected chi connectivity index (χ1v) is 11.9. The zero-order valence-corrected chi connectivity index (χ0v) is 20.1. The van der Waals surface area contributed by atoms with Crippen molar-refractivity contribution in [3.05, 3.63) is 33.2 Å². The quantitative estimate of drug-likeness (QED) is 0.368. The van der Waals surface area contributed by atoms with Gasteiger partial charge < -0.3 is 15.6 Å². The predicted octanol–water partition coefficient (Wildman–Crippen LogP) is 4.43. The van der Waals surface area contributed by atoms with E-state index >= 15 is 0 Å². The molecule has 0 saturated heterocycles. The first-order chi connectivity index (χ1) is 13.8. The maximum Gasteiger partial charge on any atom is 0.175 e. The minimum Gasteiger partial charge on any atom is -0.382 e. The number of benzene rings is 1. The first kappa shape index (κ1) is 20.9. The third-order valence-electron chi connectivity index (χ3n) is 5.09. The number of nitrogen functional groups attached to an aromatic ring is 1. The zero-order chi connectivity index (χ0) is 20.6. The standard InChI is InChI=1S/C21H27IN6S/c1-21(2,3)26-8-5-9-28-19-17(18(23)24-12-25-19)27-20(28)29-16-11-14-7-4-6-13(14)10-15(16)22/h10-12,26H,4-9H2,1-3H3,(H2,23,24,25). The van der Waals surface area contributed by atoms with Gasteiger partial charge in [0.05, 0.1) is 0 Å². The fraction of sp³-hybridized carbons (Fsp3) is 0.476. The molecule has 6 nitrogen and oxygen atoms in total. The van der Waals surface area contributed by atoms with Gasteiger partial charge in [0.1, 0.15) is 6.33 Å². The molecule has 4 rings (SSSR count). The Balaban J connectivity index is 1.64. The molecule has 0 atom stereocenters. The number of imidazole rings is 1. The molecule has 2 aromatic heterocycles. The van der Waals surface area contributed by atoms with Crippen LogP contribution in [0.1, 0.15) is 44.7 Å². The lowest BCUT2D eigenvalue weighted by molar-refractivity contribution is 0.412. The Kier molecular flexibility index (Phi) is 6.04. The highest BCUT2D eigenvalue weighted by atomic mass is 127. The molecule has 1 aliphatic rings. The Morgan fingerprint density at radius 2 is 1.97 bits per heavy atom. The van der Waals surface area contributed by atoms with E-state index < -0.39 is 0 Å². The summed E-state index contributed by atoms with van der Waals surface area (Å²) in [7, 11) is 0. The Bertz CT molecular complexity index is 1040. The van der Waals surface area contributed by atoms with Crippen molar-refractivity contribution in [1.29, 1.82) is 0 Å². The van der Waals surface area contributed by atoms with Crippen molar-refractivity contribution < 1.29 is 0 Å². The summed E-state index contributed by atoms with van der Waals surface area (Å²) in [6.07, 6.45) is 6.14. The Labute approximate surface area is 189 Å². The maximum atomic E-state index is 6.10. The van der Waals surface area contributed by atoms with E-state index in [9.17, 15) is 0 Å². The molecule has 0 bridgehead atoms. The Hall–Kier alpha value is -1.39. The van der Waals surface area contributed by atoms with Gasteiger partial charge in [-0.3, -0.25) is 0 Å². The summed E-state index contributed by atoms with van der Waals surface area (Å²) in [5.74, 6) is 0.437. The monoisotopic (exact) mass is 522 g/mol. The summed E-state index contributed by atoms with van der Waals surface area (Å²) in [5.41, 5.74) is 10.7. The average Bonchev–Trinajstić information content (AvgIpc) is 3.23. The van der Waals surface area contributed by atoms with Gasteiger partial charge in [-0.25, -0.2) is 15.0 Å². The molecule has 154 valence electrons. The van der Waals surface area contributed by atoms with Gasteiger partial charge in [-0.05, 0) is 98.8 Å². The molecule has 1 aromatic carbocycles. The SMILES string of the molecule is CC(C)(C)NCCCn1c(Sc2cc3c(cc2I)CCC3)nc2c(N)ncnc21. The van der Waals surface area contributed by atoms with E-state index in [1.54, 1.807) is 11.8 Å². The largest absolute Gasteiger partial charge is 0.382 e. The summed E-state index contributed by atoms with van der Waals surface area (Å²) in [4.78, 5) is 14.7. The van der Waals surface area contributed by atoms with E-state index in [1.807, 2.05) is 0 Å². The van der Waals surface area contributed by atoms with E-state index in [0.717, 1.165) is 30.3 Å². The van der Waals surface area contributed by atoms with Gasteiger partial charge in [0.2, 0.25) is 0 Å². The molecule has 1 aliphatic carbocycles. The fourth-order valence-electron chi connectivity index (χ4n) is 3.66. The van der Waals surface area contributed by atoms with Crippen molar-refractivity contribution in [1.82, 2.24) is 24.8 Å². The lowest BCUT2D eigenvalue weighted by Gasteiger charge is -2.20. The van der Waals surface area contributed by atoms with Crippen LogP contribution in [0, 0.1) is 3.57 Å². The third-order valence-corrected chi connectivity index (χ3v) is 7.40. The van der Waals surface area contributed by atoms with Crippen LogP contribution < -0.4 is 11.1 Å². The van der Waals surface area contributed by atoms with Gasteiger partial charge in [0.15, 0.2) is 22.1 Å². The van der Waals surface area contributed by atoms with Crippen LogP contribution in [0.3, 0.4) is 0 Å². The molecule has 29 heavy (non-hydrogen) atoms. The van der Waals surface area contributed by atoms with Crippen LogP contribution in [-0.4, -0.2) is 31.6 Å². The number of aryl methyl sites for hydroxylation is 3. The molecule has 0 saturated carbocycles. The topological polar surface area (TPSA) is 81.7 Å². The summed E-state index contributed by atoms with van der Waals surface area (Å²) in [5, 5.41) is 4.48. The number of hydrogen-bond donors (Lipinski definition) is 2. The van der Waals surface area contributed by atoms with Gasteiger partial charge in [-0.1, -0.05) is 11.8 Å². The summed E-state index contributed by atoms with van der Waals surface area (Å²) in [6.45, 7) is 8.32. The number of aromatic nitrogens is 4. The molecule has 3 N–H and O–H groups in total. The molecule has 0 aliphatic heterocycles. The van der Waals surface area contributed by atoms with Gasteiger partial charge >= 0.3 is 0 Å². The van der Waals surface area contributed by atoms with Crippen molar-refractivity contribution in [2.45, 2.75) is 68.6 Å².